The van der Waals surface area contributed by atoms with Gasteiger partial charge in [-0.15, -0.1) is 11.3 Å². The predicted molar refractivity (Wildman–Crippen MR) is 72.0 cm³/mol. The summed E-state index contributed by atoms with van der Waals surface area (Å²) < 4.78 is 26.4. The Morgan fingerprint density at radius 1 is 1.47 bits per heavy atom. The maximum Gasteiger partial charge on any atom is 0.252 e. The molecule has 2 N–H and O–H groups in total. The maximum atomic E-state index is 12.2. The molecular weight excluding hydrogens is 280 g/mol. The van der Waals surface area contributed by atoms with Crippen LogP contribution < -0.4 is 5.73 Å². The molecule has 0 radical (unpaired) electrons. The van der Waals surface area contributed by atoms with Gasteiger partial charge in [0, 0.05) is 13.6 Å². The quantitative estimate of drug-likeness (QED) is 0.904. The van der Waals surface area contributed by atoms with Crippen molar-refractivity contribution >= 4 is 33.0 Å². The summed E-state index contributed by atoms with van der Waals surface area (Å²) in [6.07, 6.45) is 0. The van der Waals surface area contributed by atoms with Crippen molar-refractivity contribution in [1.82, 2.24) is 4.31 Å². The average molecular weight is 297 g/mol. The van der Waals surface area contributed by atoms with Gasteiger partial charge in [0.1, 0.15) is 4.21 Å². The van der Waals surface area contributed by atoms with Crippen LogP contribution in [0.3, 0.4) is 0 Å². The molecule has 0 aliphatic carbocycles. The number of halogens is 1. The van der Waals surface area contributed by atoms with Crippen molar-refractivity contribution in [3.63, 3.8) is 0 Å². The average Bonchev–Trinajstić information content (AvgIpc) is 2.64. The Bertz CT molecular complexity index is 482. The Labute approximate surface area is 111 Å². The molecule has 0 aromatic carbocycles. The van der Waals surface area contributed by atoms with Gasteiger partial charge in [0.15, 0.2) is 0 Å². The molecule has 1 aromatic rings. The van der Waals surface area contributed by atoms with E-state index in [9.17, 15) is 8.42 Å². The summed E-state index contributed by atoms with van der Waals surface area (Å²) in [5.41, 5.74) is 5.35. The highest BCUT2D eigenvalue weighted by molar-refractivity contribution is 7.91. The zero-order valence-electron chi connectivity index (χ0n) is 10.1. The number of thiophene rings is 1. The lowest BCUT2D eigenvalue weighted by Gasteiger charge is -2.28. The normalized spacial score (nSPS) is 13.3. The minimum absolute atomic E-state index is 0.247. The predicted octanol–water partition coefficient (Wildman–Crippen LogP) is 2.01. The van der Waals surface area contributed by atoms with Gasteiger partial charge in [-0.3, -0.25) is 0 Å². The van der Waals surface area contributed by atoms with E-state index in [1.807, 2.05) is 13.8 Å². The Morgan fingerprint density at radius 2 is 2.06 bits per heavy atom. The molecule has 0 spiro atoms. The highest BCUT2D eigenvalue weighted by atomic mass is 35.5. The fourth-order valence-electron chi connectivity index (χ4n) is 1.34. The highest BCUT2D eigenvalue weighted by Crippen LogP contribution is 2.28. The van der Waals surface area contributed by atoms with Crippen LogP contribution in [0.4, 0.5) is 0 Å². The molecule has 0 saturated heterocycles. The number of rotatable bonds is 5. The zero-order chi connectivity index (χ0) is 13.3. The Kier molecular flexibility index (Phi) is 4.60. The number of hydrogen-bond donors (Lipinski definition) is 1. The van der Waals surface area contributed by atoms with E-state index in [0.717, 1.165) is 11.3 Å². The fraction of sp³-hybridized carbons (Fsp3) is 0.600. The summed E-state index contributed by atoms with van der Waals surface area (Å²) in [4.78, 5) is 0. The van der Waals surface area contributed by atoms with Crippen molar-refractivity contribution in [3.05, 3.63) is 16.5 Å². The first-order valence-electron chi connectivity index (χ1n) is 5.11. The van der Waals surface area contributed by atoms with E-state index in [1.165, 1.54) is 10.4 Å². The van der Waals surface area contributed by atoms with Crippen molar-refractivity contribution in [2.24, 2.45) is 11.1 Å². The summed E-state index contributed by atoms with van der Waals surface area (Å²) in [6.45, 7) is 4.67. The monoisotopic (exact) mass is 296 g/mol. The van der Waals surface area contributed by atoms with Gasteiger partial charge < -0.3 is 5.73 Å². The first-order chi connectivity index (χ1) is 7.69. The lowest BCUT2D eigenvalue weighted by molar-refractivity contribution is 0.292. The molecule has 0 atom stereocenters. The number of nitrogens with zero attached hydrogens (tertiary/aromatic N) is 1. The smallest absolute Gasteiger partial charge is 0.252 e. The largest absolute Gasteiger partial charge is 0.330 e. The third-order valence-electron chi connectivity index (χ3n) is 2.42. The number of nitrogens with two attached hydrogens (primary N) is 1. The van der Waals surface area contributed by atoms with Crippen LogP contribution in [0.25, 0.3) is 0 Å². The third kappa shape index (κ3) is 3.66. The van der Waals surface area contributed by atoms with Crippen LogP contribution >= 0.6 is 22.9 Å². The fourth-order valence-corrected chi connectivity index (χ4v) is 4.40. The molecule has 0 saturated carbocycles. The minimum Gasteiger partial charge on any atom is -0.330 e. The van der Waals surface area contributed by atoms with E-state index in [4.69, 9.17) is 17.3 Å². The molecule has 0 aliphatic rings. The Morgan fingerprint density at radius 3 is 2.47 bits per heavy atom. The van der Waals surface area contributed by atoms with Gasteiger partial charge in [-0.05, 0) is 24.1 Å². The summed E-state index contributed by atoms with van der Waals surface area (Å²) >= 11 is 6.81. The molecule has 1 rings (SSSR count). The second-order valence-corrected chi connectivity index (χ2v) is 8.67. The van der Waals surface area contributed by atoms with E-state index in [0.29, 0.717) is 17.4 Å². The van der Waals surface area contributed by atoms with E-state index in [2.05, 4.69) is 0 Å². The van der Waals surface area contributed by atoms with E-state index < -0.39 is 10.0 Å². The van der Waals surface area contributed by atoms with E-state index in [-0.39, 0.29) is 9.62 Å². The molecule has 7 heteroatoms. The molecule has 0 fully saturated rings. The molecule has 0 bridgehead atoms. The standard InChI is InChI=1S/C10H17ClN2O2S2/c1-10(2,6-12)7-13(3)17(14,15)9-5-4-8(11)16-9/h4-5H,6-7,12H2,1-3H3. The molecule has 98 valence electrons. The van der Waals surface area contributed by atoms with Gasteiger partial charge in [-0.1, -0.05) is 25.4 Å². The van der Waals surface area contributed by atoms with Crippen LogP contribution in [-0.4, -0.2) is 32.9 Å². The Hall–Kier alpha value is -0.140. The van der Waals surface area contributed by atoms with Crippen molar-refractivity contribution in [3.8, 4) is 0 Å². The van der Waals surface area contributed by atoms with Crippen LogP contribution in [0.1, 0.15) is 13.8 Å². The molecule has 4 nitrogen and oxygen atoms in total. The molecule has 0 unspecified atom stereocenters. The second kappa shape index (κ2) is 5.24. The van der Waals surface area contributed by atoms with Crippen molar-refractivity contribution in [1.29, 1.82) is 0 Å². The van der Waals surface area contributed by atoms with Crippen molar-refractivity contribution < 1.29 is 8.42 Å². The lowest BCUT2D eigenvalue weighted by atomic mass is 9.94. The molecule has 1 heterocycles. The maximum absolute atomic E-state index is 12.2. The van der Waals surface area contributed by atoms with Crippen LogP contribution in [-0.2, 0) is 10.0 Å². The topological polar surface area (TPSA) is 63.4 Å². The van der Waals surface area contributed by atoms with E-state index in [1.54, 1.807) is 13.1 Å². The number of sulfonamides is 1. The molecule has 0 amide bonds. The Balaban J connectivity index is 2.92. The van der Waals surface area contributed by atoms with Crippen LogP contribution in [0.2, 0.25) is 4.34 Å². The summed E-state index contributed by atoms with van der Waals surface area (Å²) in [6, 6.07) is 3.11. The summed E-state index contributed by atoms with van der Waals surface area (Å²) in [5, 5.41) is 0. The van der Waals surface area contributed by atoms with Gasteiger partial charge in [-0.25, -0.2) is 8.42 Å². The molecule has 1 aromatic heterocycles. The van der Waals surface area contributed by atoms with E-state index >= 15 is 0 Å². The van der Waals surface area contributed by atoms with Crippen LogP contribution in [0.5, 0.6) is 0 Å². The van der Waals surface area contributed by atoms with Crippen LogP contribution in [0, 0.1) is 5.41 Å². The third-order valence-corrected chi connectivity index (χ3v) is 5.92. The minimum atomic E-state index is -3.45. The first-order valence-corrected chi connectivity index (χ1v) is 7.74. The van der Waals surface area contributed by atoms with Gasteiger partial charge in [0.2, 0.25) is 0 Å². The van der Waals surface area contributed by atoms with Gasteiger partial charge in [-0.2, -0.15) is 4.31 Å². The van der Waals surface area contributed by atoms with Crippen molar-refractivity contribution in [2.45, 2.75) is 18.1 Å². The van der Waals surface area contributed by atoms with Gasteiger partial charge in [0.25, 0.3) is 10.0 Å². The van der Waals surface area contributed by atoms with Crippen molar-refractivity contribution in [2.75, 3.05) is 20.1 Å². The lowest BCUT2D eigenvalue weighted by Crippen LogP contribution is -2.39. The SMILES string of the molecule is CN(CC(C)(C)CN)S(=O)(=O)c1ccc(Cl)s1. The van der Waals surface area contributed by atoms with Crippen LogP contribution in [0.15, 0.2) is 16.3 Å². The van der Waals surface area contributed by atoms with Gasteiger partial charge in [0.05, 0.1) is 4.34 Å². The molecule has 0 aliphatic heterocycles. The second-order valence-electron chi connectivity index (χ2n) is 4.69. The van der Waals surface area contributed by atoms with Gasteiger partial charge >= 0.3 is 0 Å². The molecular formula is C10H17ClN2O2S2. The zero-order valence-corrected chi connectivity index (χ0v) is 12.5. The summed E-state index contributed by atoms with van der Waals surface area (Å²) in [7, 11) is -1.89. The summed E-state index contributed by atoms with van der Waals surface area (Å²) in [5.74, 6) is 0. The highest BCUT2D eigenvalue weighted by Gasteiger charge is 2.28. The number of hydrogen-bond acceptors (Lipinski definition) is 4. The molecule has 17 heavy (non-hydrogen) atoms. The first kappa shape index (κ1) is 14.9.